The average Bonchev–Trinajstić information content (AvgIpc) is 1.96. The molecule has 1 aliphatic carbocycles. The zero-order valence-corrected chi connectivity index (χ0v) is 7.31. The van der Waals surface area contributed by atoms with Crippen molar-refractivity contribution in [2.24, 2.45) is 5.73 Å². The normalized spacial score (nSPS) is 37.9. The van der Waals surface area contributed by atoms with Gasteiger partial charge in [-0.25, -0.2) is 0 Å². The second kappa shape index (κ2) is 4.26. The van der Waals surface area contributed by atoms with E-state index < -0.39 is 5.60 Å². The van der Waals surface area contributed by atoms with Crippen LogP contribution in [0.4, 0.5) is 0 Å². The topological polar surface area (TPSA) is 66.5 Å². The first-order chi connectivity index (χ1) is 4.66. The molecule has 1 saturated carbocycles. The summed E-state index contributed by atoms with van der Waals surface area (Å²) >= 11 is 0. The summed E-state index contributed by atoms with van der Waals surface area (Å²) in [6.07, 6.45) is 2.95. The van der Waals surface area contributed by atoms with Crippen molar-refractivity contribution >= 4 is 12.4 Å². The van der Waals surface area contributed by atoms with E-state index in [0.717, 1.165) is 12.8 Å². The Bertz CT molecular complexity index is 113. The first kappa shape index (κ1) is 11.2. The van der Waals surface area contributed by atoms with Crippen molar-refractivity contribution in [1.29, 1.82) is 0 Å². The Labute approximate surface area is 73.0 Å². The molecule has 0 aromatic rings. The van der Waals surface area contributed by atoms with Crippen LogP contribution in [0.1, 0.15) is 25.7 Å². The molecule has 0 aliphatic heterocycles. The summed E-state index contributed by atoms with van der Waals surface area (Å²) in [4.78, 5) is 0. The summed E-state index contributed by atoms with van der Waals surface area (Å²) in [5.41, 5.74) is 4.79. The highest BCUT2D eigenvalue weighted by Gasteiger charge is 2.30. The molecule has 4 heteroatoms. The van der Waals surface area contributed by atoms with Crippen molar-refractivity contribution in [3.8, 4) is 0 Å². The molecule has 0 unspecified atom stereocenters. The van der Waals surface area contributed by atoms with Gasteiger partial charge in [0, 0.05) is 6.04 Å². The maximum atomic E-state index is 9.49. The van der Waals surface area contributed by atoms with E-state index in [0.29, 0.717) is 12.8 Å². The zero-order valence-electron chi connectivity index (χ0n) is 6.49. The highest BCUT2D eigenvalue weighted by molar-refractivity contribution is 5.85. The van der Waals surface area contributed by atoms with Crippen LogP contribution in [0.5, 0.6) is 0 Å². The van der Waals surface area contributed by atoms with Crippen LogP contribution >= 0.6 is 12.4 Å². The van der Waals surface area contributed by atoms with Gasteiger partial charge in [0.25, 0.3) is 0 Å². The van der Waals surface area contributed by atoms with Crippen LogP contribution in [0.25, 0.3) is 0 Å². The number of rotatable bonds is 1. The lowest BCUT2D eigenvalue weighted by atomic mass is 9.83. The third-order valence-electron chi connectivity index (χ3n) is 2.26. The highest BCUT2D eigenvalue weighted by atomic mass is 35.5. The van der Waals surface area contributed by atoms with Gasteiger partial charge in [-0.3, -0.25) is 0 Å². The third kappa shape index (κ3) is 2.95. The molecule has 0 spiro atoms. The van der Waals surface area contributed by atoms with Crippen molar-refractivity contribution in [1.82, 2.24) is 0 Å². The van der Waals surface area contributed by atoms with Crippen LogP contribution in [-0.2, 0) is 0 Å². The van der Waals surface area contributed by atoms with Crippen molar-refractivity contribution in [3.63, 3.8) is 0 Å². The van der Waals surface area contributed by atoms with Gasteiger partial charge in [0.05, 0.1) is 12.2 Å². The Morgan fingerprint density at radius 1 is 1.36 bits per heavy atom. The minimum atomic E-state index is -0.824. The number of aliphatic hydroxyl groups is 2. The number of hydrogen-bond donors (Lipinski definition) is 3. The average molecular weight is 182 g/mol. The van der Waals surface area contributed by atoms with Gasteiger partial charge in [0.2, 0.25) is 0 Å². The minimum Gasteiger partial charge on any atom is -0.393 e. The molecule has 0 atom stereocenters. The largest absolute Gasteiger partial charge is 0.393 e. The van der Waals surface area contributed by atoms with E-state index >= 15 is 0 Å². The summed E-state index contributed by atoms with van der Waals surface area (Å²) in [5, 5.41) is 18.2. The van der Waals surface area contributed by atoms with Crippen LogP contribution in [0.15, 0.2) is 0 Å². The maximum Gasteiger partial charge on any atom is 0.0878 e. The fourth-order valence-corrected chi connectivity index (χ4v) is 1.34. The Hall–Kier alpha value is 0.170. The van der Waals surface area contributed by atoms with E-state index in [1.165, 1.54) is 0 Å². The van der Waals surface area contributed by atoms with Gasteiger partial charge in [-0.2, -0.15) is 0 Å². The number of nitrogens with two attached hydrogens (primary N) is 1. The molecule has 1 rings (SSSR count). The van der Waals surface area contributed by atoms with Crippen molar-refractivity contribution in [2.45, 2.75) is 37.3 Å². The molecule has 4 N–H and O–H groups in total. The predicted octanol–water partition coefficient (Wildman–Crippen LogP) is 0.0329. The zero-order chi connectivity index (χ0) is 7.61. The standard InChI is InChI=1S/C7H15NO2.ClH/c8-6-1-3-7(10,5-9)4-2-6;/h6,9-10H,1-5,8H2;1H/t6-,7-;. The Balaban J connectivity index is 0.000001000. The van der Waals surface area contributed by atoms with E-state index in [1.807, 2.05) is 0 Å². The Morgan fingerprint density at radius 3 is 2.18 bits per heavy atom. The smallest absolute Gasteiger partial charge is 0.0878 e. The Morgan fingerprint density at radius 2 is 1.82 bits per heavy atom. The summed E-state index contributed by atoms with van der Waals surface area (Å²) in [6, 6.07) is 0.229. The van der Waals surface area contributed by atoms with Crippen LogP contribution < -0.4 is 5.73 Å². The molecule has 0 aromatic heterocycles. The van der Waals surface area contributed by atoms with E-state index in [-0.39, 0.29) is 25.1 Å². The molecule has 68 valence electrons. The molecule has 0 aromatic carbocycles. The molecule has 11 heavy (non-hydrogen) atoms. The van der Waals surface area contributed by atoms with E-state index in [4.69, 9.17) is 10.8 Å². The summed E-state index contributed by atoms with van der Waals surface area (Å²) in [5.74, 6) is 0. The van der Waals surface area contributed by atoms with Crippen LogP contribution in [0, 0.1) is 0 Å². The second-order valence-electron chi connectivity index (χ2n) is 3.22. The van der Waals surface area contributed by atoms with Crippen LogP contribution in [-0.4, -0.2) is 28.5 Å². The SMILES string of the molecule is Cl.N[C@H]1CC[C@@](O)(CO)CC1. The third-order valence-corrected chi connectivity index (χ3v) is 2.26. The van der Waals surface area contributed by atoms with Gasteiger partial charge in [0.15, 0.2) is 0 Å². The first-order valence-electron chi connectivity index (χ1n) is 3.75. The molecule has 0 saturated heterocycles. The fraction of sp³-hybridized carbons (Fsp3) is 1.00. The summed E-state index contributed by atoms with van der Waals surface area (Å²) < 4.78 is 0. The molecule has 0 bridgehead atoms. The van der Waals surface area contributed by atoms with Crippen molar-refractivity contribution in [2.75, 3.05) is 6.61 Å². The number of aliphatic hydroxyl groups excluding tert-OH is 1. The quantitative estimate of drug-likeness (QED) is 0.535. The lowest BCUT2D eigenvalue weighted by molar-refractivity contribution is -0.0450. The molecule has 1 aliphatic rings. The second-order valence-corrected chi connectivity index (χ2v) is 3.22. The predicted molar refractivity (Wildman–Crippen MR) is 45.7 cm³/mol. The number of hydrogen-bond acceptors (Lipinski definition) is 3. The van der Waals surface area contributed by atoms with Crippen LogP contribution in [0.2, 0.25) is 0 Å². The number of halogens is 1. The van der Waals surface area contributed by atoms with E-state index in [9.17, 15) is 5.11 Å². The molecule has 0 radical (unpaired) electrons. The van der Waals surface area contributed by atoms with Gasteiger partial charge >= 0.3 is 0 Å². The highest BCUT2D eigenvalue weighted by Crippen LogP contribution is 2.26. The van der Waals surface area contributed by atoms with Crippen LogP contribution in [0.3, 0.4) is 0 Å². The van der Waals surface area contributed by atoms with Crippen molar-refractivity contribution < 1.29 is 10.2 Å². The van der Waals surface area contributed by atoms with E-state index in [2.05, 4.69) is 0 Å². The molecule has 0 amide bonds. The molecule has 3 nitrogen and oxygen atoms in total. The molecular weight excluding hydrogens is 166 g/mol. The van der Waals surface area contributed by atoms with Gasteiger partial charge in [0.1, 0.15) is 0 Å². The molecular formula is C7H16ClNO2. The van der Waals surface area contributed by atoms with Gasteiger partial charge in [-0.1, -0.05) is 0 Å². The summed E-state index contributed by atoms with van der Waals surface area (Å²) in [6.45, 7) is -0.125. The van der Waals surface area contributed by atoms with E-state index in [1.54, 1.807) is 0 Å². The van der Waals surface area contributed by atoms with Gasteiger partial charge in [-0.05, 0) is 25.7 Å². The maximum absolute atomic E-state index is 9.49. The van der Waals surface area contributed by atoms with Gasteiger partial charge < -0.3 is 15.9 Å². The lowest BCUT2D eigenvalue weighted by Gasteiger charge is -2.32. The fourth-order valence-electron chi connectivity index (χ4n) is 1.34. The molecule has 0 heterocycles. The molecule has 1 fully saturated rings. The summed E-state index contributed by atoms with van der Waals surface area (Å²) in [7, 11) is 0. The van der Waals surface area contributed by atoms with Crippen molar-refractivity contribution in [3.05, 3.63) is 0 Å². The monoisotopic (exact) mass is 181 g/mol. The lowest BCUT2D eigenvalue weighted by Crippen LogP contribution is -2.41. The minimum absolute atomic E-state index is 0. The van der Waals surface area contributed by atoms with Gasteiger partial charge in [-0.15, -0.1) is 12.4 Å². The first-order valence-corrected chi connectivity index (χ1v) is 3.75. The Kier molecular flexibility index (Phi) is 4.32.